The second-order valence-electron chi connectivity index (χ2n) is 3.91. The van der Waals surface area contributed by atoms with Crippen LogP contribution in [0.1, 0.15) is 15.9 Å². The van der Waals surface area contributed by atoms with Crippen LogP contribution in [-0.4, -0.2) is 11.4 Å². The number of rotatable bonds is 2. The normalized spacial score (nSPS) is 9.95. The van der Waals surface area contributed by atoms with Crippen molar-refractivity contribution in [1.82, 2.24) is 0 Å². The van der Waals surface area contributed by atoms with E-state index in [2.05, 4.69) is 31.9 Å². The molecule has 0 saturated carbocycles. The van der Waals surface area contributed by atoms with Crippen molar-refractivity contribution >= 4 is 38.1 Å². The Kier molecular flexibility index (Phi) is 7.18. The van der Waals surface area contributed by atoms with Crippen LogP contribution in [0.25, 0.3) is 0 Å². The molecule has 0 bridgehead atoms. The summed E-state index contributed by atoms with van der Waals surface area (Å²) in [6, 6.07) is 4.28. The molecule has 1 N–H and O–H groups in total. The molecule has 0 aliphatic rings. The molecule has 0 saturated heterocycles. The highest BCUT2D eigenvalue weighted by Gasteiger charge is 2.09. The van der Waals surface area contributed by atoms with Crippen molar-refractivity contribution in [3.05, 3.63) is 67.6 Å². The highest BCUT2D eigenvalue weighted by Crippen LogP contribution is 2.19. The van der Waals surface area contributed by atoms with Crippen LogP contribution in [0.5, 0.6) is 0 Å². The SMILES string of the molecule is O=Cc1c(F)cc(Br)cc1F.OCc1c(F)cc(Br)cc1F. The van der Waals surface area contributed by atoms with E-state index in [1.165, 1.54) is 0 Å². The fraction of sp³-hybridized carbons (Fsp3) is 0.0714. The standard InChI is InChI=1S/C7H5BrF2O.C7H3BrF2O/c2*8-4-1-6(9)5(3-11)7(10)2-4/h1-2,11H,3H2;1-3H. The minimum atomic E-state index is -0.855. The van der Waals surface area contributed by atoms with Gasteiger partial charge >= 0.3 is 0 Å². The highest BCUT2D eigenvalue weighted by atomic mass is 79.9. The van der Waals surface area contributed by atoms with Crippen molar-refractivity contribution in [2.45, 2.75) is 6.61 Å². The molecule has 0 unspecified atom stereocenters. The van der Waals surface area contributed by atoms with E-state index < -0.39 is 35.4 Å². The minimum Gasteiger partial charge on any atom is -0.391 e. The number of aldehydes is 1. The Bertz CT molecular complexity index is 647. The molecule has 2 nitrogen and oxygen atoms in total. The molecule has 22 heavy (non-hydrogen) atoms. The van der Waals surface area contributed by atoms with Gasteiger partial charge in [-0.1, -0.05) is 31.9 Å². The average molecular weight is 444 g/mol. The number of carbonyl (C=O) groups is 1. The van der Waals surface area contributed by atoms with Crippen molar-refractivity contribution in [3.63, 3.8) is 0 Å². The summed E-state index contributed by atoms with van der Waals surface area (Å²) in [5.41, 5.74) is -0.832. The molecule has 0 aromatic heterocycles. The lowest BCUT2D eigenvalue weighted by atomic mass is 10.2. The molecule has 0 radical (unpaired) electrons. The van der Waals surface area contributed by atoms with Crippen LogP contribution in [0, 0.1) is 23.3 Å². The number of carbonyl (C=O) groups excluding carboxylic acids is 1. The number of benzene rings is 2. The fourth-order valence-electron chi connectivity index (χ4n) is 1.39. The molecule has 0 fully saturated rings. The van der Waals surface area contributed by atoms with Gasteiger partial charge in [0.1, 0.15) is 23.3 Å². The van der Waals surface area contributed by atoms with Crippen molar-refractivity contribution in [2.24, 2.45) is 0 Å². The first-order valence-corrected chi connectivity index (χ1v) is 7.22. The van der Waals surface area contributed by atoms with Gasteiger partial charge in [0.25, 0.3) is 0 Å². The predicted molar refractivity (Wildman–Crippen MR) is 79.4 cm³/mol. The van der Waals surface area contributed by atoms with Crippen LogP contribution in [0.15, 0.2) is 33.2 Å². The lowest BCUT2D eigenvalue weighted by Crippen LogP contribution is -1.94. The monoisotopic (exact) mass is 442 g/mol. The van der Waals surface area contributed by atoms with E-state index in [0.717, 1.165) is 24.3 Å². The van der Waals surface area contributed by atoms with Crippen LogP contribution >= 0.6 is 31.9 Å². The Labute approximate surface area is 140 Å². The molecule has 2 rings (SSSR count). The number of hydrogen-bond donors (Lipinski definition) is 1. The first kappa shape index (κ1) is 18.8. The van der Waals surface area contributed by atoms with Gasteiger partial charge in [0, 0.05) is 14.5 Å². The first-order chi connectivity index (χ1) is 10.3. The van der Waals surface area contributed by atoms with E-state index in [1.54, 1.807) is 0 Å². The van der Waals surface area contributed by atoms with E-state index in [1.807, 2.05) is 0 Å². The number of hydrogen-bond acceptors (Lipinski definition) is 2. The van der Waals surface area contributed by atoms with Crippen molar-refractivity contribution in [3.8, 4) is 0 Å². The number of aliphatic hydroxyl groups excluding tert-OH is 1. The molecule has 118 valence electrons. The van der Waals surface area contributed by atoms with Crippen LogP contribution in [0.2, 0.25) is 0 Å². The molecular formula is C14H8Br2F4O2. The second kappa shape index (κ2) is 8.40. The number of aliphatic hydroxyl groups is 1. The zero-order chi connectivity index (χ0) is 16.9. The molecule has 0 atom stereocenters. The second-order valence-corrected chi connectivity index (χ2v) is 5.74. The molecule has 2 aromatic carbocycles. The molecule has 0 amide bonds. The predicted octanol–water partition coefficient (Wildman–Crippen LogP) is 4.76. The van der Waals surface area contributed by atoms with Gasteiger partial charge in [0.2, 0.25) is 0 Å². The summed E-state index contributed by atoms with van der Waals surface area (Å²) < 4.78 is 51.2. The molecule has 0 spiro atoms. The highest BCUT2D eigenvalue weighted by molar-refractivity contribution is 9.10. The Hall–Kier alpha value is -1.25. The van der Waals surface area contributed by atoms with E-state index in [-0.39, 0.29) is 16.3 Å². The van der Waals surface area contributed by atoms with Gasteiger partial charge in [0.15, 0.2) is 6.29 Å². The third-order valence-corrected chi connectivity index (χ3v) is 3.34. The molecule has 0 aliphatic heterocycles. The Morgan fingerprint density at radius 1 is 0.864 bits per heavy atom. The topological polar surface area (TPSA) is 37.3 Å². The zero-order valence-electron chi connectivity index (χ0n) is 10.7. The Morgan fingerprint density at radius 2 is 1.23 bits per heavy atom. The van der Waals surface area contributed by atoms with Crippen molar-refractivity contribution in [1.29, 1.82) is 0 Å². The summed E-state index contributed by atoms with van der Waals surface area (Å²) in [7, 11) is 0. The van der Waals surface area contributed by atoms with Gasteiger partial charge in [-0.05, 0) is 24.3 Å². The summed E-state index contributed by atoms with van der Waals surface area (Å²) in [4.78, 5) is 10.1. The summed E-state index contributed by atoms with van der Waals surface area (Å²) in [5, 5.41) is 8.49. The smallest absolute Gasteiger partial charge is 0.155 e. The maximum Gasteiger partial charge on any atom is 0.155 e. The minimum absolute atomic E-state index is 0.150. The van der Waals surface area contributed by atoms with E-state index in [9.17, 15) is 22.4 Å². The molecule has 0 aliphatic carbocycles. The number of halogens is 6. The molecule has 8 heteroatoms. The van der Waals surface area contributed by atoms with Gasteiger partial charge in [-0.3, -0.25) is 4.79 Å². The Morgan fingerprint density at radius 3 is 1.55 bits per heavy atom. The molecule has 0 heterocycles. The van der Waals surface area contributed by atoms with Gasteiger partial charge in [-0.25, -0.2) is 17.6 Å². The summed E-state index contributed by atoms with van der Waals surface area (Å²) in [6.45, 7) is -0.620. The van der Waals surface area contributed by atoms with E-state index >= 15 is 0 Å². The maximum atomic E-state index is 12.7. The van der Waals surface area contributed by atoms with Gasteiger partial charge in [-0.15, -0.1) is 0 Å². The average Bonchev–Trinajstić information content (AvgIpc) is 2.38. The van der Waals surface area contributed by atoms with Crippen LogP contribution < -0.4 is 0 Å². The quantitative estimate of drug-likeness (QED) is 0.536. The largest absolute Gasteiger partial charge is 0.391 e. The van der Waals surface area contributed by atoms with Crippen molar-refractivity contribution in [2.75, 3.05) is 0 Å². The third kappa shape index (κ3) is 4.89. The summed E-state index contributed by atoms with van der Waals surface area (Å²) in [6.07, 6.45) is 0.150. The summed E-state index contributed by atoms with van der Waals surface area (Å²) >= 11 is 5.79. The lowest BCUT2D eigenvalue weighted by Gasteiger charge is -2.00. The van der Waals surface area contributed by atoms with Gasteiger partial charge < -0.3 is 5.11 Å². The van der Waals surface area contributed by atoms with Crippen LogP contribution in [-0.2, 0) is 6.61 Å². The Balaban J connectivity index is 0.000000220. The van der Waals surface area contributed by atoms with E-state index in [0.29, 0.717) is 4.47 Å². The third-order valence-electron chi connectivity index (χ3n) is 2.43. The zero-order valence-corrected chi connectivity index (χ0v) is 13.9. The van der Waals surface area contributed by atoms with Crippen LogP contribution in [0.3, 0.4) is 0 Å². The maximum absolute atomic E-state index is 12.7. The lowest BCUT2D eigenvalue weighted by molar-refractivity contribution is 0.111. The van der Waals surface area contributed by atoms with Crippen molar-refractivity contribution < 1.29 is 27.5 Å². The van der Waals surface area contributed by atoms with E-state index in [4.69, 9.17) is 5.11 Å². The summed E-state index contributed by atoms with van der Waals surface area (Å²) in [5.74, 6) is -3.18. The molecular weight excluding hydrogens is 436 g/mol. The fourth-order valence-corrected chi connectivity index (χ4v) is 2.19. The first-order valence-electron chi connectivity index (χ1n) is 5.64. The van der Waals surface area contributed by atoms with Gasteiger partial charge in [0.05, 0.1) is 12.2 Å². The van der Waals surface area contributed by atoms with Gasteiger partial charge in [-0.2, -0.15) is 0 Å². The molecule has 2 aromatic rings. The van der Waals surface area contributed by atoms with Crippen LogP contribution in [0.4, 0.5) is 17.6 Å².